The molecule has 2 rings (SSSR count). The molecule has 0 saturated carbocycles. The van der Waals surface area contributed by atoms with Crippen LogP contribution in [0.4, 0.5) is 0 Å². The Kier molecular flexibility index (Phi) is 3.90. The SMILES string of the molecule is Clc1ccc(Cl)c2c(Cl)cc(C(Cl)(Cl)Cl)nc12. The average molecular weight is 350 g/mol. The van der Waals surface area contributed by atoms with Gasteiger partial charge in [-0.1, -0.05) is 69.6 Å². The van der Waals surface area contributed by atoms with Crippen LogP contribution in [-0.2, 0) is 3.79 Å². The van der Waals surface area contributed by atoms with E-state index in [1.54, 1.807) is 12.1 Å². The maximum Gasteiger partial charge on any atom is 0.232 e. The summed E-state index contributed by atoms with van der Waals surface area (Å²) in [5.74, 6) is 0. The second kappa shape index (κ2) is 4.80. The Hall–Kier alpha value is 0.370. The van der Waals surface area contributed by atoms with E-state index >= 15 is 0 Å². The molecule has 0 N–H and O–H groups in total. The molecule has 90 valence electrons. The first-order valence-corrected chi connectivity index (χ1v) is 6.59. The molecule has 0 spiro atoms. The number of halogens is 6. The molecule has 0 aliphatic heterocycles. The Labute approximate surface area is 128 Å². The second-order valence-electron chi connectivity index (χ2n) is 3.24. The molecule has 1 nitrogen and oxygen atoms in total. The van der Waals surface area contributed by atoms with Gasteiger partial charge in [-0.3, -0.25) is 0 Å². The highest BCUT2D eigenvalue weighted by Gasteiger charge is 2.26. The summed E-state index contributed by atoms with van der Waals surface area (Å²) in [6, 6.07) is 4.70. The van der Waals surface area contributed by atoms with Crippen molar-refractivity contribution in [1.29, 1.82) is 0 Å². The molecule has 0 aliphatic rings. The van der Waals surface area contributed by atoms with Crippen molar-refractivity contribution in [1.82, 2.24) is 4.98 Å². The fraction of sp³-hybridized carbons (Fsp3) is 0.100. The lowest BCUT2D eigenvalue weighted by atomic mass is 10.2. The van der Waals surface area contributed by atoms with Crippen LogP contribution >= 0.6 is 69.6 Å². The number of alkyl halides is 3. The Bertz CT molecular complexity index is 589. The van der Waals surface area contributed by atoms with Crippen LogP contribution in [0.25, 0.3) is 10.9 Å². The van der Waals surface area contributed by atoms with Gasteiger partial charge in [-0.2, -0.15) is 0 Å². The number of hydrogen-bond donors (Lipinski definition) is 0. The lowest BCUT2D eigenvalue weighted by Crippen LogP contribution is -2.04. The highest BCUT2D eigenvalue weighted by atomic mass is 35.6. The van der Waals surface area contributed by atoms with Crippen LogP contribution in [0.2, 0.25) is 15.1 Å². The summed E-state index contributed by atoms with van der Waals surface area (Å²) in [7, 11) is 0. The van der Waals surface area contributed by atoms with E-state index in [1.807, 2.05) is 0 Å². The van der Waals surface area contributed by atoms with Gasteiger partial charge in [0.05, 0.1) is 26.3 Å². The van der Waals surface area contributed by atoms with E-state index in [2.05, 4.69) is 4.98 Å². The molecule has 0 saturated heterocycles. The third kappa shape index (κ3) is 2.70. The monoisotopic (exact) mass is 347 g/mol. The van der Waals surface area contributed by atoms with E-state index in [-0.39, 0.29) is 5.69 Å². The van der Waals surface area contributed by atoms with Gasteiger partial charge in [-0.25, -0.2) is 4.98 Å². The maximum absolute atomic E-state index is 6.09. The van der Waals surface area contributed by atoms with Crippen molar-refractivity contribution < 1.29 is 0 Å². The van der Waals surface area contributed by atoms with E-state index in [1.165, 1.54) is 6.07 Å². The summed E-state index contributed by atoms with van der Waals surface area (Å²) < 4.78 is -1.66. The predicted molar refractivity (Wildman–Crippen MR) is 76.0 cm³/mol. The molecule has 0 fully saturated rings. The van der Waals surface area contributed by atoms with E-state index in [0.29, 0.717) is 26.0 Å². The van der Waals surface area contributed by atoms with Crippen LogP contribution in [0, 0.1) is 0 Å². The topological polar surface area (TPSA) is 12.9 Å². The van der Waals surface area contributed by atoms with Gasteiger partial charge in [0.2, 0.25) is 3.79 Å². The van der Waals surface area contributed by atoms with Gasteiger partial charge in [-0.15, -0.1) is 0 Å². The first-order chi connectivity index (χ1) is 7.80. The number of rotatable bonds is 0. The van der Waals surface area contributed by atoms with Gasteiger partial charge >= 0.3 is 0 Å². The first-order valence-electron chi connectivity index (χ1n) is 4.32. The van der Waals surface area contributed by atoms with Gasteiger partial charge in [0.15, 0.2) is 0 Å². The molecule has 0 amide bonds. The zero-order valence-electron chi connectivity index (χ0n) is 7.95. The molecule has 0 aliphatic carbocycles. The number of benzene rings is 1. The Morgan fingerprint density at radius 3 is 2.06 bits per heavy atom. The normalized spacial score (nSPS) is 12.1. The predicted octanol–water partition coefficient (Wildman–Crippen LogP) is 6.02. The van der Waals surface area contributed by atoms with Crippen molar-refractivity contribution in [3.63, 3.8) is 0 Å². The number of pyridine rings is 1. The van der Waals surface area contributed by atoms with Gasteiger partial charge < -0.3 is 0 Å². The van der Waals surface area contributed by atoms with Crippen molar-refractivity contribution in [2.75, 3.05) is 0 Å². The van der Waals surface area contributed by atoms with Crippen LogP contribution in [0.3, 0.4) is 0 Å². The molecule has 17 heavy (non-hydrogen) atoms. The Morgan fingerprint density at radius 1 is 0.882 bits per heavy atom. The highest BCUT2D eigenvalue weighted by Crippen LogP contribution is 2.41. The van der Waals surface area contributed by atoms with E-state index in [4.69, 9.17) is 69.6 Å². The number of fused-ring (bicyclic) bond motifs is 1. The molecule has 0 bridgehead atoms. The Balaban J connectivity index is 2.87. The third-order valence-electron chi connectivity index (χ3n) is 2.10. The van der Waals surface area contributed by atoms with E-state index < -0.39 is 3.79 Å². The van der Waals surface area contributed by atoms with Crippen molar-refractivity contribution in [2.24, 2.45) is 0 Å². The van der Waals surface area contributed by atoms with E-state index in [0.717, 1.165) is 0 Å². The van der Waals surface area contributed by atoms with Crippen molar-refractivity contribution in [3.05, 3.63) is 39.0 Å². The third-order valence-corrected chi connectivity index (χ3v) is 3.60. The first kappa shape index (κ1) is 13.8. The summed E-state index contributed by atoms with van der Waals surface area (Å²) in [6.45, 7) is 0. The fourth-order valence-electron chi connectivity index (χ4n) is 1.37. The van der Waals surface area contributed by atoms with Crippen molar-refractivity contribution in [2.45, 2.75) is 3.79 Å². The molecule has 1 aromatic carbocycles. The average Bonchev–Trinajstić information content (AvgIpc) is 2.21. The summed E-state index contributed by atoms with van der Waals surface area (Å²) in [5, 5.41) is 1.71. The van der Waals surface area contributed by atoms with Crippen LogP contribution in [0.5, 0.6) is 0 Å². The minimum atomic E-state index is -1.66. The van der Waals surface area contributed by atoms with Crippen LogP contribution < -0.4 is 0 Å². The molecular formula is C10H3Cl6N. The minimum absolute atomic E-state index is 0.198. The quantitative estimate of drug-likeness (QED) is 0.530. The van der Waals surface area contributed by atoms with Crippen LogP contribution in [-0.4, -0.2) is 4.98 Å². The Morgan fingerprint density at radius 2 is 1.47 bits per heavy atom. The second-order valence-corrected chi connectivity index (χ2v) is 6.74. The standard InChI is InChI=1S/C10H3Cl6N/c11-4-1-2-5(12)9-8(4)6(13)3-7(17-9)10(14,15)16/h1-3H. The van der Waals surface area contributed by atoms with Gasteiger partial charge in [0.25, 0.3) is 0 Å². The minimum Gasteiger partial charge on any atom is -0.247 e. The number of nitrogens with zero attached hydrogens (tertiary/aromatic N) is 1. The molecule has 7 heteroatoms. The number of hydrogen-bond acceptors (Lipinski definition) is 1. The summed E-state index contributed by atoms with van der Waals surface area (Å²) >= 11 is 35.4. The number of aromatic nitrogens is 1. The fourth-order valence-corrected chi connectivity index (χ4v) is 2.46. The molecule has 2 aromatic rings. The van der Waals surface area contributed by atoms with Gasteiger partial charge in [0, 0.05) is 5.39 Å². The van der Waals surface area contributed by atoms with Gasteiger partial charge in [0.1, 0.15) is 0 Å². The van der Waals surface area contributed by atoms with Gasteiger partial charge in [-0.05, 0) is 18.2 Å². The lowest BCUT2D eigenvalue weighted by molar-refractivity contribution is 1.12. The maximum atomic E-state index is 6.09. The van der Waals surface area contributed by atoms with Crippen molar-refractivity contribution >= 4 is 80.5 Å². The molecule has 1 heterocycles. The zero-order chi connectivity index (χ0) is 12.8. The summed E-state index contributed by atoms with van der Waals surface area (Å²) in [4.78, 5) is 4.17. The van der Waals surface area contributed by atoms with Crippen LogP contribution in [0.15, 0.2) is 18.2 Å². The van der Waals surface area contributed by atoms with E-state index in [9.17, 15) is 0 Å². The van der Waals surface area contributed by atoms with Crippen LogP contribution in [0.1, 0.15) is 5.69 Å². The lowest BCUT2D eigenvalue weighted by Gasteiger charge is -2.13. The summed E-state index contributed by atoms with van der Waals surface area (Å²) in [6.07, 6.45) is 0. The summed E-state index contributed by atoms with van der Waals surface area (Å²) in [5.41, 5.74) is 0.608. The smallest absolute Gasteiger partial charge is 0.232 e. The molecule has 1 aromatic heterocycles. The molecule has 0 radical (unpaired) electrons. The highest BCUT2D eigenvalue weighted by molar-refractivity contribution is 6.66. The molecule has 0 atom stereocenters. The largest absolute Gasteiger partial charge is 0.247 e. The molecule has 0 unspecified atom stereocenters. The van der Waals surface area contributed by atoms with Crippen molar-refractivity contribution in [3.8, 4) is 0 Å². The zero-order valence-corrected chi connectivity index (χ0v) is 12.5. The molecular weight excluding hydrogens is 347 g/mol.